The Labute approximate surface area is 78.7 Å². The number of pyridine rings is 1. The van der Waals surface area contributed by atoms with Gasteiger partial charge in [-0.1, -0.05) is 0 Å². The molecule has 6 heteroatoms. The molecular formula is C8H9F3N2O. The Balaban J connectivity index is 3.14. The molecule has 3 nitrogen and oxygen atoms in total. The van der Waals surface area contributed by atoms with E-state index in [-0.39, 0.29) is 12.3 Å². The quantitative estimate of drug-likeness (QED) is 0.798. The molecule has 1 rings (SSSR count). The fourth-order valence-electron chi connectivity index (χ4n) is 0.964. The van der Waals surface area contributed by atoms with Crippen molar-refractivity contribution in [1.29, 1.82) is 0 Å². The van der Waals surface area contributed by atoms with Gasteiger partial charge in [0.1, 0.15) is 11.4 Å². The van der Waals surface area contributed by atoms with Crippen LogP contribution in [-0.4, -0.2) is 12.1 Å². The zero-order valence-electron chi connectivity index (χ0n) is 7.43. The lowest BCUT2D eigenvalue weighted by atomic mass is 10.2. The van der Waals surface area contributed by atoms with Crippen LogP contribution in [0, 0.1) is 0 Å². The number of nitrogens with two attached hydrogens (primary N) is 1. The van der Waals surface area contributed by atoms with Gasteiger partial charge in [0.15, 0.2) is 0 Å². The van der Waals surface area contributed by atoms with Gasteiger partial charge < -0.3 is 10.5 Å². The summed E-state index contributed by atoms with van der Waals surface area (Å²) in [5.74, 6) is 0.106. The first-order valence-corrected chi connectivity index (χ1v) is 3.79. The lowest BCUT2D eigenvalue weighted by Crippen LogP contribution is -2.10. The summed E-state index contributed by atoms with van der Waals surface area (Å²) in [6.45, 7) is 0.0916. The van der Waals surface area contributed by atoms with Crippen LogP contribution in [0.4, 0.5) is 13.2 Å². The van der Waals surface area contributed by atoms with E-state index in [1.807, 2.05) is 0 Å². The molecule has 0 amide bonds. The van der Waals surface area contributed by atoms with Gasteiger partial charge in [0.05, 0.1) is 7.11 Å². The monoisotopic (exact) mass is 206 g/mol. The van der Waals surface area contributed by atoms with Crippen molar-refractivity contribution >= 4 is 0 Å². The second kappa shape index (κ2) is 3.83. The van der Waals surface area contributed by atoms with E-state index in [1.165, 1.54) is 7.11 Å². The number of ether oxygens (including phenoxy) is 1. The molecule has 0 spiro atoms. The highest BCUT2D eigenvalue weighted by Crippen LogP contribution is 2.30. The second-order valence-corrected chi connectivity index (χ2v) is 2.58. The zero-order valence-corrected chi connectivity index (χ0v) is 7.43. The van der Waals surface area contributed by atoms with Crippen molar-refractivity contribution in [2.45, 2.75) is 12.7 Å². The van der Waals surface area contributed by atoms with Crippen LogP contribution < -0.4 is 10.5 Å². The largest absolute Gasteiger partial charge is 0.496 e. The maximum Gasteiger partial charge on any atom is 0.433 e. The molecule has 1 aromatic heterocycles. The smallest absolute Gasteiger partial charge is 0.433 e. The lowest BCUT2D eigenvalue weighted by Gasteiger charge is -2.10. The number of alkyl halides is 3. The number of rotatable bonds is 2. The van der Waals surface area contributed by atoms with Gasteiger partial charge in [0.25, 0.3) is 0 Å². The lowest BCUT2D eigenvalue weighted by molar-refractivity contribution is -0.141. The Morgan fingerprint density at radius 1 is 1.50 bits per heavy atom. The minimum atomic E-state index is -4.46. The highest BCUT2D eigenvalue weighted by Gasteiger charge is 2.33. The van der Waals surface area contributed by atoms with Gasteiger partial charge in [-0.2, -0.15) is 13.2 Å². The van der Waals surface area contributed by atoms with E-state index in [0.717, 1.165) is 12.3 Å². The van der Waals surface area contributed by atoms with Crippen molar-refractivity contribution in [2.75, 3.05) is 7.11 Å². The van der Waals surface area contributed by atoms with E-state index < -0.39 is 11.9 Å². The van der Waals surface area contributed by atoms with Gasteiger partial charge in [-0.3, -0.25) is 4.98 Å². The molecule has 0 unspecified atom stereocenters. The Bertz CT molecular complexity index is 325. The van der Waals surface area contributed by atoms with E-state index in [2.05, 4.69) is 4.98 Å². The number of nitrogens with zero attached hydrogens (tertiary/aromatic N) is 1. The molecule has 0 radical (unpaired) electrons. The molecule has 0 aromatic carbocycles. The number of methoxy groups -OCH3 is 1. The highest BCUT2D eigenvalue weighted by molar-refractivity contribution is 5.33. The van der Waals surface area contributed by atoms with Crippen LogP contribution in [0.2, 0.25) is 0 Å². The zero-order chi connectivity index (χ0) is 10.8. The Morgan fingerprint density at radius 2 is 2.14 bits per heavy atom. The fourth-order valence-corrected chi connectivity index (χ4v) is 0.964. The van der Waals surface area contributed by atoms with Crippen molar-refractivity contribution in [3.8, 4) is 5.75 Å². The van der Waals surface area contributed by atoms with Gasteiger partial charge >= 0.3 is 6.18 Å². The molecule has 0 aliphatic heterocycles. The van der Waals surface area contributed by atoms with E-state index in [4.69, 9.17) is 10.5 Å². The average molecular weight is 206 g/mol. The molecule has 0 saturated carbocycles. The highest BCUT2D eigenvalue weighted by atomic mass is 19.4. The van der Waals surface area contributed by atoms with Crippen LogP contribution in [0.1, 0.15) is 11.3 Å². The molecule has 2 N–H and O–H groups in total. The van der Waals surface area contributed by atoms with Crippen molar-refractivity contribution in [1.82, 2.24) is 4.98 Å². The molecule has 1 heterocycles. The number of halogens is 3. The third-order valence-electron chi connectivity index (χ3n) is 1.67. The van der Waals surface area contributed by atoms with Crippen LogP contribution in [0.5, 0.6) is 5.75 Å². The van der Waals surface area contributed by atoms with Gasteiger partial charge in [-0.15, -0.1) is 0 Å². The summed E-state index contributed by atoms with van der Waals surface area (Å²) in [5.41, 5.74) is 4.75. The first-order chi connectivity index (χ1) is 6.49. The van der Waals surface area contributed by atoms with Crippen molar-refractivity contribution in [2.24, 2.45) is 5.73 Å². The Hall–Kier alpha value is -1.30. The van der Waals surface area contributed by atoms with E-state index in [1.54, 1.807) is 0 Å². The van der Waals surface area contributed by atoms with Crippen molar-refractivity contribution in [3.05, 3.63) is 23.5 Å². The summed E-state index contributed by atoms with van der Waals surface area (Å²) < 4.78 is 41.3. The number of hydrogen-bond acceptors (Lipinski definition) is 3. The molecule has 0 aliphatic carbocycles. The molecule has 0 bridgehead atoms. The van der Waals surface area contributed by atoms with Gasteiger partial charge in [-0.05, 0) is 0 Å². The van der Waals surface area contributed by atoms with Crippen LogP contribution >= 0.6 is 0 Å². The molecule has 1 aromatic rings. The van der Waals surface area contributed by atoms with Crippen LogP contribution in [-0.2, 0) is 12.7 Å². The van der Waals surface area contributed by atoms with Crippen LogP contribution in [0.25, 0.3) is 0 Å². The summed E-state index contributed by atoms with van der Waals surface area (Å²) in [7, 11) is 1.29. The van der Waals surface area contributed by atoms with E-state index in [9.17, 15) is 13.2 Å². The average Bonchev–Trinajstić information content (AvgIpc) is 2.15. The Morgan fingerprint density at radius 3 is 2.57 bits per heavy atom. The molecule has 0 fully saturated rings. The van der Waals surface area contributed by atoms with Crippen molar-refractivity contribution in [3.63, 3.8) is 0 Å². The molecule has 0 aliphatic rings. The standard InChI is InChI=1S/C8H9F3N2O/c1-14-6-2-7(8(9,10)11)13-4-5(6)3-12/h2,4H,3,12H2,1H3. The topological polar surface area (TPSA) is 48.1 Å². The molecule has 14 heavy (non-hydrogen) atoms. The number of hydrogen-bond donors (Lipinski definition) is 1. The molecule has 78 valence electrons. The van der Waals surface area contributed by atoms with Crippen molar-refractivity contribution < 1.29 is 17.9 Å². The SMILES string of the molecule is COc1cc(C(F)(F)F)ncc1CN. The summed E-state index contributed by atoms with van der Waals surface area (Å²) in [5, 5.41) is 0. The van der Waals surface area contributed by atoms with Crippen LogP contribution in [0.15, 0.2) is 12.3 Å². The molecule has 0 saturated heterocycles. The normalized spacial score (nSPS) is 11.5. The molecule has 0 atom stereocenters. The number of aromatic nitrogens is 1. The Kier molecular flexibility index (Phi) is 2.95. The maximum absolute atomic E-state index is 12.2. The summed E-state index contributed by atoms with van der Waals surface area (Å²) in [6.07, 6.45) is -3.39. The van der Waals surface area contributed by atoms with E-state index in [0.29, 0.717) is 5.56 Å². The summed E-state index contributed by atoms with van der Waals surface area (Å²) in [4.78, 5) is 3.24. The first-order valence-electron chi connectivity index (χ1n) is 3.79. The minimum absolute atomic E-state index is 0.0916. The maximum atomic E-state index is 12.2. The summed E-state index contributed by atoms with van der Waals surface area (Å²) in [6, 6.07) is 0.836. The second-order valence-electron chi connectivity index (χ2n) is 2.58. The summed E-state index contributed by atoms with van der Waals surface area (Å²) >= 11 is 0. The van der Waals surface area contributed by atoms with Gasteiger partial charge in [0.2, 0.25) is 0 Å². The third-order valence-corrected chi connectivity index (χ3v) is 1.67. The fraction of sp³-hybridized carbons (Fsp3) is 0.375. The third kappa shape index (κ3) is 2.14. The minimum Gasteiger partial charge on any atom is -0.496 e. The van der Waals surface area contributed by atoms with Gasteiger partial charge in [-0.25, -0.2) is 0 Å². The first kappa shape index (κ1) is 10.8. The van der Waals surface area contributed by atoms with Crippen LogP contribution in [0.3, 0.4) is 0 Å². The predicted octanol–water partition coefficient (Wildman–Crippen LogP) is 1.57. The molecular weight excluding hydrogens is 197 g/mol. The predicted molar refractivity (Wildman–Crippen MR) is 43.7 cm³/mol. The van der Waals surface area contributed by atoms with Gasteiger partial charge in [0, 0.05) is 24.4 Å². The van der Waals surface area contributed by atoms with E-state index >= 15 is 0 Å².